The van der Waals surface area contributed by atoms with Crippen molar-refractivity contribution in [3.05, 3.63) is 65.0 Å². The quantitative estimate of drug-likeness (QED) is 0.657. The fraction of sp³-hybridized carbons (Fsp3) is 0.273. The predicted molar refractivity (Wildman–Crippen MR) is 107 cm³/mol. The molecule has 0 aliphatic heterocycles. The van der Waals surface area contributed by atoms with Crippen LogP contribution in [-0.4, -0.2) is 30.3 Å². The molecule has 1 heterocycles. The maximum absolute atomic E-state index is 12.7. The van der Waals surface area contributed by atoms with E-state index in [0.29, 0.717) is 22.3 Å². The highest BCUT2D eigenvalue weighted by Crippen LogP contribution is 2.23. The summed E-state index contributed by atoms with van der Waals surface area (Å²) >= 11 is 0. The summed E-state index contributed by atoms with van der Waals surface area (Å²) < 4.78 is 11.1. The molecule has 0 bridgehead atoms. The molecule has 0 aliphatic rings. The van der Waals surface area contributed by atoms with Crippen molar-refractivity contribution >= 4 is 16.9 Å². The summed E-state index contributed by atoms with van der Waals surface area (Å²) in [7, 11) is 0. The van der Waals surface area contributed by atoms with Crippen LogP contribution in [0.15, 0.2) is 64.0 Å². The molecular weight excluding hydrogens is 358 g/mol. The van der Waals surface area contributed by atoms with Crippen LogP contribution < -0.4 is 15.5 Å². The predicted octanol–water partition coefficient (Wildman–Crippen LogP) is 2.97. The number of aliphatic hydroxyl groups is 1. The summed E-state index contributed by atoms with van der Waals surface area (Å²) in [6.07, 6.45) is 1.44. The molecular formula is C22H23NO5. The Labute approximate surface area is 162 Å². The first kappa shape index (κ1) is 19.6. The van der Waals surface area contributed by atoms with Gasteiger partial charge in [0, 0.05) is 6.07 Å². The first-order valence-electron chi connectivity index (χ1n) is 9.13. The molecule has 0 radical (unpaired) electrons. The zero-order valence-electron chi connectivity index (χ0n) is 15.8. The van der Waals surface area contributed by atoms with E-state index in [2.05, 4.69) is 5.32 Å². The van der Waals surface area contributed by atoms with Crippen LogP contribution in [0, 0.1) is 5.92 Å². The lowest BCUT2D eigenvalue weighted by Crippen LogP contribution is -2.43. The smallest absolute Gasteiger partial charge is 0.258 e. The van der Waals surface area contributed by atoms with E-state index < -0.39 is 0 Å². The van der Waals surface area contributed by atoms with E-state index in [-0.39, 0.29) is 36.5 Å². The van der Waals surface area contributed by atoms with Crippen LogP contribution in [0.2, 0.25) is 0 Å². The molecule has 28 heavy (non-hydrogen) atoms. The maximum Gasteiger partial charge on any atom is 0.258 e. The molecule has 1 amide bonds. The molecule has 0 aliphatic carbocycles. The molecule has 0 saturated carbocycles. The zero-order chi connectivity index (χ0) is 20.1. The van der Waals surface area contributed by atoms with Gasteiger partial charge in [-0.1, -0.05) is 44.2 Å². The van der Waals surface area contributed by atoms with Crippen molar-refractivity contribution in [2.75, 3.05) is 13.2 Å². The van der Waals surface area contributed by atoms with Crippen LogP contribution in [-0.2, 0) is 4.79 Å². The van der Waals surface area contributed by atoms with Crippen LogP contribution in [0.3, 0.4) is 0 Å². The molecule has 0 saturated heterocycles. The van der Waals surface area contributed by atoms with Crippen LogP contribution in [0.5, 0.6) is 5.75 Å². The third-order valence-electron chi connectivity index (χ3n) is 4.55. The second-order valence-corrected chi connectivity index (χ2v) is 6.89. The lowest BCUT2D eigenvalue weighted by Gasteiger charge is -2.19. The molecule has 1 aromatic heterocycles. The zero-order valence-corrected chi connectivity index (χ0v) is 15.8. The highest BCUT2D eigenvalue weighted by Gasteiger charge is 2.15. The van der Waals surface area contributed by atoms with Gasteiger partial charge in [-0.05, 0) is 23.6 Å². The van der Waals surface area contributed by atoms with E-state index in [1.165, 1.54) is 6.26 Å². The van der Waals surface area contributed by atoms with Gasteiger partial charge in [-0.3, -0.25) is 9.59 Å². The topological polar surface area (TPSA) is 88.8 Å². The number of nitrogens with one attached hydrogen (secondary N) is 1. The van der Waals surface area contributed by atoms with Gasteiger partial charge in [0.2, 0.25) is 0 Å². The van der Waals surface area contributed by atoms with Crippen molar-refractivity contribution in [3.8, 4) is 16.9 Å². The Balaban J connectivity index is 1.75. The summed E-state index contributed by atoms with van der Waals surface area (Å²) in [6.45, 7) is 3.50. The molecule has 0 spiro atoms. The van der Waals surface area contributed by atoms with E-state index in [1.54, 1.807) is 18.2 Å². The summed E-state index contributed by atoms with van der Waals surface area (Å²) in [5.74, 6) is 0.208. The number of amides is 1. The molecule has 146 valence electrons. The molecule has 6 heteroatoms. The number of benzene rings is 2. The third-order valence-corrected chi connectivity index (χ3v) is 4.55. The average Bonchev–Trinajstić information content (AvgIpc) is 2.71. The number of rotatable bonds is 7. The van der Waals surface area contributed by atoms with Gasteiger partial charge in [0.15, 0.2) is 12.0 Å². The van der Waals surface area contributed by atoms with Gasteiger partial charge in [0.1, 0.15) is 17.6 Å². The van der Waals surface area contributed by atoms with E-state index in [0.717, 1.165) is 5.56 Å². The standard InChI is InChI=1S/C22H23NO5/c1-14(2)19(11-24)23-21(25)13-27-16-8-9-17-20(10-16)28-12-18(22(17)26)15-6-4-3-5-7-15/h3-10,12,14,19,24H,11,13H2,1-2H3,(H,23,25)/t19-/m1/s1. The second kappa shape index (κ2) is 8.71. The number of aliphatic hydroxyl groups excluding tert-OH is 1. The first-order valence-corrected chi connectivity index (χ1v) is 9.13. The largest absolute Gasteiger partial charge is 0.484 e. The van der Waals surface area contributed by atoms with E-state index in [1.807, 2.05) is 44.2 Å². The van der Waals surface area contributed by atoms with Crippen molar-refractivity contribution in [3.63, 3.8) is 0 Å². The molecule has 0 fully saturated rings. The number of fused-ring (bicyclic) bond motifs is 1. The number of hydrogen-bond acceptors (Lipinski definition) is 5. The highest BCUT2D eigenvalue weighted by molar-refractivity contribution is 5.83. The van der Waals surface area contributed by atoms with Crippen LogP contribution in [0.25, 0.3) is 22.1 Å². The molecule has 3 aromatic rings. The Hall–Kier alpha value is -3.12. The van der Waals surface area contributed by atoms with Crippen LogP contribution in [0.1, 0.15) is 13.8 Å². The molecule has 3 rings (SSSR count). The molecule has 1 atom stereocenters. The normalized spacial score (nSPS) is 12.1. The number of ether oxygens (including phenoxy) is 1. The Morgan fingerprint density at radius 2 is 1.93 bits per heavy atom. The van der Waals surface area contributed by atoms with Gasteiger partial charge < -0.3 is 19.6 Å². The first-order chi connectivity index (χ1) is 13.5. The number of carbonyl (C=O) groups excluding carboxylic acids is 1. The lowest BCUT2D eigenvalue weighted by atomic mass is 10.1. The summed E-state index contributed by atoms with van der Waals surface area (Å²) in [4.78, 5) is 24.7. The molecule has 6 nitrogen and oxygen atoms in total. The fourth-order valence-corrected chi connectivity index (χ4v) is 2.84. The van der Waals surface area contributed by atoms with Gasteiger partial charge in [0.05, 0.1) is 23.6 Å². The minimum Gasteiger partial charge on any atom is -0.484 e. The van der Waals surface area contributed by atoms with Gasteiger partial charge in [-0.15, -0.1) is 0 Å². The molecule has 2 aromatic carbocycles. The van der Waals surface area contributed by atoms with Gasteiger partial charge in [-0.25, -0.2) is 0 Å². The molecule has 0 unspecified atom stereocenters. The van der Waals surface area contributed by atoms with Crippen molar-refractivity contribution in [1.82, 2.24) is 5.32 Å². The summed E-state index contributed by atoms with van der Waals surface area (Å²) in [5.41, 5.74) is 1.54. The molecule has 2 N–H and O–H groups in total. The average molecular weight is 381 g/mol. The van der Waals surface area contributed by atoms with Gasteiger partial charge >= 0.3 is 0 Å². The Kier molecular flexibility index (Phi) is 6.11. The Morgan fingerprint density at radius 3 is 2.61 bits per heavy atom. The van der Waals surface area contributed by atoms with Crippen LogP contribution in [0.4, 0.5) is 0 Å². The highest BCUT2D eigenvalue weighted by atomic mass is 16.5. The Morgan fingerprint density at radius 1 is 1.18 bits per heavy atom. The summed E-state index contributed by atoms with van der Waals surface area (Å²) in [6, 6.07) is 13.8. The number of carbonyl (C=O) groups is 1. The monoisotopic (exact) mass is 381 g/mol. The van der Waals surface area contributed by atoms with Gasteiger partial charge in [0.25, 0.3) is 5.91 Å². The van der Waals surface area contributed by atoms with E-state index >= 15 is 0 Å². The fourth-order valence-electron chi connectivity index (χ4n) is 2.84. The minimum absolute atomic E-state index is 0.114. The lowest BCUT2D eigenvalue weighted by molar-refractivity contribution is -0.124. The second-order valence-electron chi connectivity index (χ2n) is 6.89. The van der Waals surface area contributed by atoms with E-state index in [9.17, 15) is 14.7 Å². The van der Waals surface area contributed by atoms with Gasteiger partial charge in [-0.2, -0.15) is 0 Å². The maximum atomic E-state index is 12.7. The van der Waals surface area contributed by atoms with E-state index in [4.69, 9.17) is 9.15 Å². The van der Waals surface area contributed by atoms with Crippen molar-refractivity contribution in [2.24, 2.45) is 5.92 Å². The Bertz CT molecular complexity index is 1010. The number of hydrogen-bond donors (Lipinski definition) is 2. The van der Waals surface area contributed by atoms with Crippen LogP contribution >= 0.6 is 0 Å². The third kappa shape index (κ3) is 4.40. The van der Waals surface area contributed by atoms with Crippen molar-refractivity contribution in [1.29, 1.82) is 0 Å². The minimum atomic E-state index is -0.325. The van der Waals surface area contributed by atoms with Crippen molar-refractivity contribution < 1.29 is 19.1 Å². The van der Waals surface area contributed by atoms with Crippen molar-refractivity contribution in [2.45, 2.75) is 19.9 Å². The SMILES string of the molecule is CC(C)[C@@H](CO)NC(=O)COc1ccc2c(=O)c(-c3ccccc3)coc2c1. The summed E-state index contributed by atoms with van der Waals surface area (Å²) in [5, 5.41) is 12.4.